The molecule has 0 aliphatic heterocycles. The van der Waals surface area contributed by atoms with Gasteiger partial charge in [-0.2, -0.15) is 0 Å². The minimum absolute atomic E-state index is 0.0273. The monoisotopic (exact) mass is 264 g/mol. The van der Waals surface area contributed by atoms with Gasteiger partial charge >= 0.3 is 0 Å². The number of rotatable bonds is 1. The third kappa shape index (κ3) is 1.51. The Kier molecular flexibility index (Phi) is 1.96. The third-order valence-electron chi connectivity index (χ3n) is 2.77. The first-order chi connectivity index (χ1) is 7.25. The maximum Gasteiger partial charge on any atom is 0.192 e. The molecule has 0 amide bonds. The van der Waals surface area contributed by atoms with E-state index in [-0.39, 0.29) is 5.43 Å². The molecule has 3 rings (SSSR count). The van der Waals surface area contributed by atoms with Crippen molar-refractivity contribution < 1.29 is 4.42 Å². The largest absolute Gasteiger partial charge is 0.464 e. The van der Waals surface area contributed by atoms with Gasteiger partial charge in [0.05, 0.1) is 11.6 Å². The summed E-state index contributed by atoms with van der Waals surface area (Å²) in [5.74, 6) is 0.579. The Morgan fingerprint density at radius 3 is 2.87 bits per heavy atom. The van der Waals surface area contributed by atoms with Crippen molar-refractivity contribution in [2.24, 2.45) is 0 Å². The summed E-state index contributed by atoms with van der Waals surface area (Å²) in [6, 6.07) is 5.35. The van der Waals surface area contributed by atoms with Crippen LogP contribution in [-0.4, -0.2) is 0 Å². The van der Waals surface area contributed by atoms with Gasteiger partial charge in [-0.1, -0.05) is 15.9 Å². The smallest absolute Gasteiger partial charge is 0.192 e. The molecule has 0 N–H and O–H groups in total. The fourth-order valence-corrected chi connectivity index (χ4v) is 2.36. The van der Waals surface area contributed by atoms with Crippen molar-refractivity contribution in [2.45, 2.75) is 18.8 Å². The van der Waals surface area contributed by atoms with Crippen molar-refractivity contribution in [3.05, 3.63) is 44.7 Å². The first-order valence-electron chi connectivity index (χ1n) is 4.96. The Labute approximate surface area is 95.0 Å². The molecule has 0 bridgehead atoms. The van der Waals surface area contributed by atoms with Crippen LogP contribution in [0.4, 0.5) is 0 Å². The second-order valence-electron chi connectivity index (χ2n) is 3.93. The lowest BCUT2D eigenvalue weighted by Gasteiger charge is -2.04. The summed E-state index contributed by atoms with van der Waals surface area (Å²) in [6.45, 7) is 0. The van der Waals surface area contributed by atoms with Gasteiger partial charge in [-0.3, -0.25) is 4.79 Å². The fraction of sp³-hybridized carbons (Fsp3) is 0.250. The van der Waals surface area contributed by atoms with E-state index < -0.39 is 0 Å². The molecule has 0 atom stereocenters. The van der Waals surface area contributed by atoms with Crippen LogP contribution in [0.25, 0.3) is 11.0 Å². The average Bonchev–Trinajstić information content (AvgIpc) is 3.02. The standard InChI is InChI=1S/C12H9BrO2/c13-8-5-9(7-1-2-7)12-10(6-8)11(14)3-4-15-12/h3-7H,1-2H2. The molecule has 0 saturated heterocycles. The highest BCUT2D eigenvalue weighted by molar-refractivity contribution is 9.10. The zero-order valence-electron chi connectivity index (χ0n) is 8.00. The van der Waals surface area contributed by atoms with E-state index >= 15 is 0 Å². The third-order valence-corrected chi connectivity index (χ3v) is 3.23. The van der Waals surface area contributed by atoms with Crippen molar-refractivity contribution >= 4 is 26.9 Å². The van der Waals surface area contributed by atoms with Crippen LogP contribution < -0.4 is 5.43 Å². The highest BCUT2D eigenvalue weighted by atomic mass is 79.9. The molecule has 1 saturated carbocycles. The van der Waals surface area contributed by atoms with Crippen LogP contribution in [0.15, 0.2) is 38.1 Å². The lowest BCUT2D eigenvalue weighted by molar-refractivity contribution is 0.597. The van der Waals surface area contributed by atoms with Gasteiger partial charge in [0.25, 0.3) is 0 Å². The minimum Gasteiger partial charge on any atom is -0.464 e. The predicted octanol–water partition coefficient (Wildman–Crippen LogP) is 3.43. The predicted molar refractivity (Wildman–Crippen MR) is 62.2 cm³/mol. The molecule has 1 aromatic carbocycles. The summed E-state index contributed by atoms with van der Waals surface area (Å²) in [4.78, 5) is 11.6. The summed E-state index contributed by atoms with van der Waals surface area (Å²) >= 11 is 3.43. The molecule has 1 fully saturated rings. The molecule has 1 aromatic heterocycles. The Morgan fingerprint density at radius 1 is 1.33 bits per heavy atom. The van der Waals surface area contributed by atoms with E-state index in [1.807, 2.05) is 6.07 Å². The van der Waals surface area contributed by atoms with Crippen LogP contribution in [-0.2, 0) is 0 Å². The lowest BCUT2D eigenvalue weighted by Crippen LogP contribution is -1.99. The highest BCUT2D eigenvalue weighted by Gasteiger charge is 2.27. The normalized spacial score (nSPS) is 15.8. The molecule has 0 spiro atoms. The van der Waals surface area contributed by atoms with Gasteiger partial charge in [0.2, 0.25) is 0 Å². The van der Waals surface area contributed by atoms with Crippen molar-refractivity contribution in [1.29, 1.82) is 0 Å². The maximum absolute atomic E-state index is 11.6. The van der Waals surface area contributed by atoms with E-state index in [2.05, 4.69) is 22.0 Å². The summed E-state index contributed by atoms with van der Waals surface area (Å²) < 4.78 is 6.41. The molecule has 2 aromatic rings. The number of benzene rings is 1. The molecule has 1 aliphatic rings. The van der Waals surface area contributed by atoms with E-state index in [4.69, 9.17) is 4.42 Å². The molecule has 2 nitrogen and oxygen atoms in total. The quantitative estimate of drug-likeness (QED) is 0.790. The molecular formula is C12H9BrO2. The summed E-state index contributed by atoms with van der Waals surface area (Å²) in [5, 5.41) is 0.675. The van der Waals surface area contributed by atoms with E-state index in [0.717, 1.165) is 15.6 Å². The van der Waals surface area contributed by atoms with Crippen LogP contribution in [0.1, 0.15) is 24.3 Å². The highest BCUT2D eigenvalue weighted by Crippen LogP contribution is 2.43. The second kappa shape index (κ2) is 3.20. The van der Waals surface area contributed by atoms with Gasteiger partial charge in [-0.25, -0.2) is 0 Å². The summed E-state index contributed by atoms with van der Waals surface area (Å²) in [7, 11) is 0. The molecule has 1 heterocycles. The maximum atomic E-state index is 11.6. The Morgan fingerprint density at radius 2 is 2.13 bits per heavy atom. The Bertz CT molecular complexity index is 582. The first-order valence-corrected chi connectivity index (χ1v) is 5.76. The van der Waals surface area contributed by atoms with Crippen LogP contribution >= 0.6 is 15.9 Å². The number of hydrogen-bond acceptors (Lipinski definition) is 2. The molecule has 0 unspecified atom stereocenters. The molecule has 0 radical (unpaired) electrons. The zero-order valence-corrected chi connectivity index (χ0v) is 9.58. The lowest BCUT2D eigenvalue weighted by atomic mass is 10.1. The van der Waals surface area contributed by atoms with Gasteiger partial charge in [0, 0.05) is 10.5 Å². The summed E-state index contributed by atoms with van der Waals surface area (Å²) in [5.41, 5.74) is 1.95. The summed E-state index contributed by atoms with van der Waals surface area (Å²) in [6.07, 6.45) is 3.87. The fourth-order valence-electron chi connectivity index (χ4n) is 1.88. The van der Waals surface area contributed by atoms with Gasteiger partial charge in [0.1, 0.15) is 5.58 Å². The SMILES string of the molecule is O=c1ccoc2c(C3CC3)cc(Br)cc12. The Hall–Kier alpha value is -1.09. The van der Waals surface area contributed by atoms with Crippen LogP contribution in [0, 0.1) is 0 Å². The molecular weight excluding hydrogens is 256 g/mol. The van der Waals surface area contributed by atoms with Crippen LogP contribution in [0.5, 0.6) is 0 Å². The van der Waals surface area contributed by atoms with Crippen LogP contribution in [0.2, 0.25) is 0 Å². The number of hydrogen-bond donors (Lipinski definition) is 0. The van der Waals surface area contributed by atoms with Crippen molar-refractivity contribution in [1.82, 2.24) is 0 Å². The number of halogens is 1. The van der Waals surface area contributed by atoms with Gasteiger partial charge in [-0.05, 0) is 36.5 Å². The first kappa shape index (κ1) is 9.16. The number of fused-ring (bicyclic) bond motifs is 1. The minimum atomic E-state index is 0.0273. The van der Waals surface area contributed by atoms with Crippen molar-refractivity contribution in [3.8, 4) is 0 Å². The van der Waals surface area contributed by atoms with Crippen molar-refractivity contribution in [2.75, 3.05) is 0 Å². The van der Waals surface area contributed by atoms with E-state index in [1.165, 1.54) is 25.2 Å². The molecule has 15 heavy (non-hydrogen) atoms. The second-order valence-corrected chi connectivity index (χ2v) is 4.85. The topological polar surface area (TPSA) is 30.2 Å². The zero-order chi connectivity index (χ0) is 10.4. The molecule has 1 aliphatic carbocycles. The van der Waals surface area contributed by atoms with Gasteiger partial charge in [0.15, 0.2) is 5.43 Å². The molecule has 3 heteroatoms. The van der Waals surface area contributed by atoms with E-state index in [9.17, 15) is 4.79 Å². The average molecular weight is 265 g/mol. The Balaban J connectivity index is 2.43. The molecule has 76 valence electrons. The van der Waals surface area contributed by atoms with Gasteiger partial charge < -0.3 is 4.42 Å². The van der Waals surface area contributed by atoms with Crippen LogP contribution in [0.3, 0.4) is 0 Å². The van der Waals surface area contributed by atoms with E-state index in [1.54, 1.807) is 0 Å². The van der Waals surface area contributed by atoms with Gasteiger partial charge in [-0.15, -0.1) is 0 Å². The van der Waals surface area contributed by atoms with E-state index in [0.29, 0.717) is 11.3 Å². The van der Waals surface area contributed by atoms with Crippen molar-refractivity contribution in [3.63, 3.8) is 0 Å².